The smallest absolute Gasteiger partial charge is 0.112 e. The number of rotatable bonds is 2. The van der Waals surface area contributed by atoms with Crippen LogP contribution in [0.1, 0.15) is 37.9 Å². The summed E-state index contributed by atoms with van der Waals surface area (Å²) in [5.41, 5.74) is 0. The molecule has 72 valence electrons. The molecule has 0 aliphatic heterocycles. The molecule has 2 nitrogen and oxygen atoms in total. The van der Waals surface area contributed by atoms with Gasteiger partial charge in [0.2, 0.25) is 0 Å². The number of hydrogen-bond donors (Lipinski definition) is 0. The second-order valence-corrected chi connectivity index (χ2v) is 4.80. The van der Waals surface area contributed by atoms with E-state index in [9.17, 15) is 0 Å². The third-order valence-corrected chi connectivity index (χ3v) is 3.95. The molecule has 13 heavy (non-hydrogen) atoms. The first-order valence-electron chi connectivity index (χ1n) is 4.98. The minimum atomic E-state index is 0.634. The Labute approximate surface area is 87.5 Å². The van der Waals surface area contributed by atoms with Crippen LogP contribution in [-0.2, 0) is 6.54 Å². The summed E-state index contributed by atoms with van der Waals surface area (Å²) in [6.07, 6.45) is 7.90. The third kappa shape index (κ3) is 1.66. The van der Waals surface area contributed by atoms with E-state index >= 15 is 0 Å². The molecule has 2 atom stereocenters. The van der Waals surface area contributed by atoms with Crippen LogP contribution in [0.5, 0.6) is 0 Å². The summed E-state index contributed by atoms with van der Waals surface area (Å²) in [5, 5.41) is 0. The molecule has 0 aromatic carbocycles. The molecule has 2 unspecified atom stereocenters. The van der Waals surface area contributed by atoms with Crippen molar-refractivity contribution in [2.45, 2.75) is 43.5 Å². The first-order valence-corrected chi connectivity index (χ1v) is 5.89. The van der Waals surface area contributed by atoms with Gasteiger partial charge in [-0.3, -0.25) is 0 Å². The molecule has 2 rings (SSSR count). The van der Waals surface area contributed by atoms with E-state index in [2.05, 4.69) is 38.6 Å². The van der Waals surface area contributed by atoms with E-state index in [1.165, 1.54) is 25.1 Å². The van der Waals surface area contributed by atoms with Crippen molar-refractivity contribution in [3.63, 3.8) is 0 Å². The minimum Gasteiger partial charge on any atom is -0.335 e. The quantitative estimate of drug-likeness (QED) is 0.730. The summed E-state index contributed by atoms with van der Waals surface area (Å²) in [6.45, 7) is 3.20. The summed E-state index contributed by atoms with van der Waals surface area (Å²) in [7, 11) is 0. The first-order chi connectivity index (χ1) is 6.33. The van der Waals surface area contributed by atoms with Crippen molar-refractivity contribution in [3.8, 4) is 0 Å². The van der Waals surface area contributed by atoms with Gasteiger partial charge in [-0.1, -0.05) is 22.4 Å². The van der Waals surface area contributed by atoms with Gasteiger partial charge in [0.05, 0.1) is 0 Å². The number of aromatic nitrogens is 2. The summed E-state index contributed by atoms with van der Waals surface area (Å²) >= 11 is 3.74. The highest BCUT2D eigenvalue weighted by Gasteiger charge is 2.29. The van der Waals surface area contributed by atoms with E-state index < -0.39 is 0 Å². The number of nitrogens with zero attached hydrogens (tertiary/aromatic N) is 2. The van der Waals surface area contributed by atoms with Crippen molar-refractivity contribution in [2.75, 3.05) is 0 Å². The molecule has 0 amide bonds. The van der Waals surface area contributed by atoms with Crippen LogP contribution in [-0.4, -0.2) is 14.4 Å². The largest absolute Gasteiger partial charge is 0.335 e. The number of imidazole rings is 1. The molecular formula is C10H15BrN2. The van der Waals surface area contributed by atoms with Crippen molar-refractivity contribution in [3.05, 3.63) is 18.2 Å². The van der Waals surface area contributed by atoms with Crippen molar-refractivity contribution in [1.82, 2.24) is 9.55 Å². The highest BCUT2D eigenvalue weighted by atomic mass is 79.9. The fourth-order valence-electron chi connectivity index (χ4n) is 2.12. The van der Waals surface area contributed by atoms with Crippen LogP contribution >= 0.6 is 15.9 Å². The Balaban J connectivity index is 2.23. The Morgan fingerprint density at radius 1 is 1.62 bits per heavy atom. The molecule has 0 spiro atoms. The molecule has 1 aliphatic rings. The summed E-state index contributed by atoms with van der Waals surface area (Å²) in [4.78, 5) is 5.09. The lowest BCUT2D eigenvalue weighted by atomic mass is 10.1. The van der Waals surface area contributed by atoms with Crippen LogP contribution in [0.4, 0.5) is 0 Å². The third-order valence-electron chi connectivity index (χ3n) is 2.85. The van der Waals surface area contributed by atoms with Gasteiger partial charge in [0, 0.05) is 29.7 Å². The van der Waals surface area contributed by atoms with E-state index in [1.54, 1.807) is 0 Å². The molecule has 1 aromatic rings. The van der Waals surface area contributed by atoms with Gasteiger partial charge in [0.25, 0.3) is 0 Å². The van der Waals surface area contributed by atoms with Crippen molar-refractivity contribution >= 4 is 15.9 Å². The number of alkyl halides is 1. The fourth-order valence-corrected chi connectivity index (χ4v) is 2.95. The Morgan fingerprint density at radius 2 is 2.46 bits per heavy atom. The van der Waals surface area contributed by atoms with Gasteiger partial charge in [-0.25, -0.2) is 4.98 Å². The van der Waals surface area contributed by atoms with E-state index in [0.29, 0.717) is 10.7 Å². The van der Waals surface area contributed by atoms with Crippen molar-refractivity contribution < 1.29 is 0 Å². The molecule has 0 saturated heterocycles. The molecule has 3 heteroatoms. The zero-order valence-corrected chi connectivity index (χ0v) is 9.50. The van der Waals surface area contributed by atoms with E-state index in [-0.39, 0.29) is 0 Å². The molecule has 0 bridgehead atoms. The molecule has 1 fully saturated rings. The van der Waals surface area contributed by atoms with E-state index in [0.717, 1.165) is 6.54 Å². The van der Waals surface area contributed by atoms with E-state index in [4.69, 9.17) is 0 Å². The van der Waals surface area contributed by atoms with Gasteiger partial charge in [-0.05, 0) is 19.8 Å². The zero-order valence-electron chi connectivity index (χ0n) is 7.91. The van der Waals surface area contributed by atoms with Gasteiger partial charge in [0.1, 0.15) is 5.82 Å². The maximum Gasteiger partial charge on any atom is 0.112 e. The predicted molar refractivity (Wildman–Crippen MR) is 57.2 cm³/mol. The molecule has 1 saturated carbocycles. The molecule has 1 heterocycles. The Bertz CT molecular complexity index is 282. The Hall–Kier alpha value is -0.310. The number of aryl methyl sites for hydroxylation is 1. The zero-order chi connectivity index (χ0) is 9.26. The maximum absolute atomic E-state index is 4.45. The normalized spacial score (nSPS) is 28.2. The minimum absolute atomic E-state index is 0.634. The molecule has 1 aliphatic carbocycles. The number of hydrogen-bond acceptors (Lipinski definition) is 1. The standard InChI is InChI=1S/C10H15BrN2/c1-2-13-7-6-12-10(13)8-4-3-5-9(8)11/h6-9H,2-5H2,1H3. The van der Waals surface area contributed by atoms with Gasteiger partial charge < -0.3 is 4.57 Å². The lowest BCUT2D eigenvalue weighted by molar-refractivity contribution is 0.610. The highest BCUT2D eigenvalue weighted by Crippen LogP contribution is 2.38. The van der Waals surface area contributed by atoms with Crippen molar-refractivity contribution in [2.24, 2.45) is 0 Å². The monoisotopic (exact) mass is 242 g/mol. The van der Waals surface area contributed by atoms with Crippen LogP contribution in [0.2, 0.25) is 0 Å². The van der Waals surface area contributed by atoms with Gasteiger partial charge in [-0.15, -0.1) is 0 Å². The average molecular weight is 243 g/mol. The molecule has 1 aromatic heterocycles. The second-order valence-electron chi connectivity index (χ2n) is 3.62. The fraction of sp³-hybridized carbons (Fsp3) is 0.700. The van der Waals surface area contributed by atoms with Crippen molar-refractivity contribution in [1.29, 1.82) is 0 Å². The number of halogens is 1. The van der Waals surface area contributed by atoms with Gasteiger partial charge >= 0.3 is 0 Å². The molecular weight excluding hydrogens is 228 g/mol. The summed E-state index contributed by atoms with van der Waals surface area (Å²) < 4.78 is 2.25. The average Bonchev–Trinajstić information content (AvgIpc) is 2.71. The second kappa shape index (κ2) is 3.82. The van der Waals surface area contributed by atoms with Gasteiger partial charge in [0.15, 0.2) is 0 Å². The Morgan fingerprint density at radius 3 is 3.08 bits per heavy atom. The van der Waals surface area contributed by atoms with Crippen LogP contribution in [0, 0.1) is 0 Å². The Kier molecular flexibility index (Phi) is 2.72. The predicted octanol–water partition coefficient (Wildman–Crippen LogP) is 2.93. The molecule has 0 radical (unpaired) electrons. The lowest BCUT2D eigenvalue weighted by Crippen LogP contribution is -2.11. The lowest BCUT2D eigenvalue weighted by Gasteiger charge is -2.14. The van der Waals surface area contributed by atoms with Crippen LogP contribution in [0.25, 0.3) is 0 Å². The maximum atomic E-state index is 4.45. The SMILES string of the molecule is CCn1ccnc1C1CCCC1Br. The topological polar surface area (TPSA) is 17.8 Å². The molecule has 0 N–H and O–H groups in total. The van der Waals surface area contributed by atoms with Crippen LogP contribution in [0.3, 0.4) is 0 Å². The van der Waals surface area contributed by atoms with Crippen LogP contribution in [0.15, 0.2) is 12.4 Å². The van der Waals surface area contributed by atoms with E-state index in [1.807, 2.05) is 6.20 Å². The van der Waals surface area contributed by atoms with Crippen LogP contribution < -0.4 is 0 Å². The highest BCUT2D eigenvalue weighted by molar-refractivity contribution is 9.09. The van der Waals surface area contributed by atoms with Gasteiger partial charge in [-0.2, -0.15) is 0 Å². The summed E-state index contributed by atoms with van der Waals surface area (Å²) in [6, 6.07) is 0. The summed E-state index contributed by atoms with van der Waals surface area (Å²) in [5.74, 6) is 1.90. The first kappa shape index (κ1) is 9.25.